The van der Waals surface area contributed by atoms with Gasteiger partial charge in [-0.2, -0.15) is 0 Å². The van der Waals surface area contributed by atoms with E-state index in [-0.39, 0.29) is 11.4 Å². The van der Waals surface area contributed by atoms with E-state index < -0.39 is 0 Å². The molecule has 0 fully saturated rings. The number of fused-ring (bicyclic) bond motifs is 1. The Labute approximate surface area is 115 Å². The fourth-order valence-electron chi connectivity index (χ4n) is 2.49. The second kappa shape index (κ2) is 4.63. The average Bonchev–Trinajstić information content (AvgIpc) is 2.79. The molecule has 0 bridgehead atoms. The molecule has 20 heavy (non-hydrogen) atoms. The number of aryl methyl sites for hydroxylation is 2. The predicted molar refractivity (Wildman–Crippen MR) is 76.7 cm³/mol. The Morgan fingerprint density at radius 2 is 1.90 bits per heavy atom. The van der Waals surface area contributed by atoms with E-state index in [0.29, 0.717) is 11.9 Å². The van der Waals surface area contributed by atoms with Gasteiger partial charge < -0.3 is 9.38 Å². The largest absolute Gasteiger partial charge is 0.323 e. The molecule has 0 aliphatic heterocycles. The van der Waals surface area contributed by atoms with Crippen LogP contribution in [-0.4, -0.2) is 9.38 Å². The lowest BCUT2D eigenvalue weighted by Gasteiger charge is -2.10. The quantitative estimate of drug-likeness (QED) is 0.763. The molecule has 1 N–H and O–H groups in total. The zero-order valence-electron chi connectivity index (χ0n) is 11.4. The molecule has 2 heterocycles. The third kappa shape index (κ3) is 2.13. The van der Waals surface area contributed by atoms with Crippen molar-refractivity contribution in [3.05, 3.63) is 75.2 Å². The van der Waals surface area contributed by atoms with Crippen molar-refractivity contribution in [3.63, 3.8) is 0 Å². The van der Waals surface area contributed by atoms with Gasteiger partial charge in [-0.05, 0) is 43.2 Å². The summed E-state index contributed by atoms with van der Waals surface area (Å²) in [5.41, 5.74) is 4.46. The zero-order valence-corrected chi connectivity index (χ0v) is 11.4. The Morgan fingerprint density at radius 1 is 1.20 bits per heavy atom. The molecule has 3 aromatic rings. The monoisotopic (exact) mass is 270 g/mol. The molecule has 4 heteroatoms. The summed E-state index contributed by atoms with van der Waals surface area (Å²) < 4.78 is 14.9. The van der Waals surface area contributed by atoms with E-state index in [4.69, 9.17) is 0 Å². The number of benzene rings is 1. The number of hydrogen-bond acceptors (Lipinski definition) is 1. The molecule has 0 unspecified atom stereocenters. The van der Waals surface area contributed by atoms with E-state index in [9.17, 15) is 9.18 Å². The fraction of sp³-hybridized carbons (Fsp3) is 0.188. The average molecular weight is 270 g/mol. The molecule has 0 aliphatic carbocycles. The summed E-state index contributed by atoms with van der Waals surface area (Å²) in [6.45, 7) is 3.85. The zero-order chi connectivity index (χ0) is 14.3. The highest BCUT2D eigenvalue weighted by atomic mass is 19.1. The predicted octanol–water partition coefficient (Wildman–Crippen LogP) is 2.97. The third-order valence-electron chi connectivity index (χ3n) is 3.50. The Morgan fingerprint density at radius 3 is 2.60 bits per heavy atom. The summed E-state index contributed by atoms with van der Waals surface area (Å²) in [5, 5.41) is 0. The minimum absolute atomic E-state index is 0.0848. The van der Waals surface area contributed by atoms with Gasteiger partial charge in [-0.25, -0.2) is 4.39 Å². The number of nitrogens with zero attached hydrogens (tertiary/aromatic N) is 1. The molecule has 102 valence electrons. The van der Waals surface area contributed by atoms with Crippen LogP contribution in [0.2, 0.25) is 0 Å². The maximum atomic E-state index is 13.0. The maximum absolute atomic E-state index is 13.0. The van der Waals surface area contributed by atoms with Crippen LogP contribution in [0.1, 0.15) is 22.5 Å². The van der Waals surface area contributed by atoms with Crippen molar-refractivity contribution >= 4 is 5.52 Å². The van der Waals surface area contributed by atoms with E-state index in [1.165, 1.54) is 12.1 Å². The SMILES string of the molecule is Cc1cc2c(=O)[nH]c(C)c(Cc3ccc(F)cc3)n2c1. The normalized spacial score (nSPS) is 11.2. The molecule has 2 aromatic heterocycles. The second-order valence-electron chi connectivity index (χ2n) is 5.10. The smallest absolute Gasteiger partial charge is 0.272 e. The van der Waals surface area contributed by atoms with Crippen molar-refractivity contribution in [3.8, 4) is 0 Å². The van der Waals surface area contributed by atoms with Crippen LogP contribution in [0.4, 0.5) is 4.39 Å². The van der Waals surface area contributed by atoms with Crippen LogP contribution < -0.4 is 5.56 Å². The summed E-state index contributed by atoms with van der Waals surface area (Å²) in [4.78, 5) is 14.8. The van der Waals surface area contributed by atoms with Crippen LogP contribution in [0.3, 0.4) is 0 Å². The van der Waals surface area contributed by atoms with E-state index >= 15 is 0 Å². The number of hydrogen-bond donors (Lipinski definition) is 1. The fourth-order valence-corrected chi connectivity index (χ4v) is 2.49. The number of nitrogens with one attached hydrogen (secondary N) is 1. The van der Waals surface area contributed by atoms with Crippen LogP contribution in [0.5, 0.6) is 0 Å². The molecule has 0 saturated heterocycles. The summed E-state index contributed by atoms with van der Waals surface area (Å²) >= 11 is 0. The highest BCUT2D eigenvalue weighted by Crippen LogP contribution is 2.15. The topological polar surface area (TPSA) is 37.3 Å². The van der Waals surface area contributed by atoms with Gasteiger partial charge in [-0.3, -0.25) is 4.79 Å². The Balaban J connectivity index is 2.15. The van der Waals surface area contributed by atoms with Crippen LogP contribution in [0.25, 0.3) is 5.52 Å². The van der Waals surface area contributed by atoms with Crippen LogP contribution in [-0.2, 0) is 6.42 Å². The van der Waals surface area contributed by atoms with E-state index in [0.717, 1.165) is 22.5 Å². The van der Waals surface area contributed by atoms with Gasteiger partial charge in [-0.15, -0.1) is 0 Å². The van der Waals surface area contributed by atoms with Crippen LogP contribution in [0.15, 0.2) is 41.3 Å². The first-order chi connectivity index (χ1) is 9.54. The number of rotatable bonds is 2. The van der Waals surface area contributed by atoms with Crippen molar-refractivity contribution in [1.82, 2.24) is 9.38 Å². The lowest BCUT2D eigenvalue weighted by Crippen LogP contribution is -2.15. The number of halogens is 1. The highest BCUT2D eigenvalue weighted by Gasteiger charge is 2.10. The molecule has 3 nitrogen and oxygen atoms in total. The maximum Gasteiger partial charge on any atom is 0.272 e. The Kier molecular flexibility index (Phi) is 2.93. The Bertz CT molecular complexity index is 828. The molecule has 0 spiro atoms. The van der Waals surface area contributed by atoms with Gasteiger partial charge in [0, 0.05) is 24.0 Å². The molecular weight excluding hydrogens is 255 g/mol. The molecule has 0 amide bonds. The van der Waals surface area contributed by atoms with Crippen LogP contribution >= 0.6 is 0 Å². The van der Waals surface area contributed by atoms with Gasteiger partial charge in [0.25, 0.3) is 5.56 Å². The minimum Gasteiger partial charge on any atom is -0.323 e. The molecule has 1 aromatic carbocycles. The molecular formula is C16H15FN2O. The van der Waals surface area contributed by atoms with Gasteiger partial charge >= 0.3 is 0 Å². The first-order valence-corrected chi connectivity index (χ1v) is 6.49. The molecule has 0 aliphatic rings. The highest BCUT2D eigenvalue weighted by molar-refractivity contribution is 5.50. The third-order valence-corrected chi connectivity index (χ3v) is 3.50. The number of aromatic amines is 1. The first-order valence-electron chi connectivity index (χ1n) is 6.49. The lowest BCUT2D eigenvalue weighted by molar-refractivity contribution is 0.627. The van der Waals surface area contributed by atoms with Crippen molar-refractivity contribution < 1.29 is 4.39 Å². The molecule has 0 saturated carbocycles. The van der Waals surface area contributed by atoms with Crippen molar-refractivity contribution in [2.24, 2.45) is 0 Å². The van der Waals surface area contributed by atoms with E-state index in [2.05, 4.69) is 4.98 Å². The van der Waals surface area contributed by atoms with Crippen molar-refractivity contribution in [1.29, 1.82) is 0 Å². The summed E-state index contributed by atoms with van der Waals surface area (Å²) in [7, 11) is 0. The van der Waals surface area contributed by atoms with Crippen molar-refractivity contribution in [2.75, 3.05) is 0 Å². The summed E-state index contributed by atoms with van der Waals surface area (Å²) in [6, 6.07) is 8.31. The van der Waals surface area contributed by atoms with Gasteiger partial charge in [0.05, 0.1) is 0 Å². The van der Waals surface area contributed by atoms with E-state index in [1.807, 2.05) is 30.5 Å². The van der Waals surface area contributed by atoms with E-state index in [1.54, 1.807) is 12.1 Å². The second-order valence-corrected chi connectivity index (χ2v) is 5.10. The first kappa shape index (κ1) is 12.7. The summed E-state index contributed by atoms with van der Waals surface area (Å²) in [5.74, 6) is -0.242. The van der Waals surface area contributed by atoms with Gasteiger partial charge in [-0.1, -0.05) is 12.1 Å². The van der Waals surface area contributed by atoms with Gasteiger partial charge in [0.2, 0.25) is 0 Å². The molecule has 0 radical (unpaired) electrons. The van der Waals surface area contributed by atoms with Crippen molar-refractivity contribution in [2.45, 2.75) is 20.3 Å². The minimum atomic E-state index is -0.242. The number of H-pyrrole nitrogens is 1. The molecule has 3 rings (SSSR count). The Hall–Kier alpha value is -2.36. The molecule has 0 atom stereocenters. The van der Waals surface area contributed by atoms with Gasteiger partial charge in [0.15, 0.2) is 0 Å². The number of aromatic nitrogens is 2. The standard InChI is InChI=1S/C16H15FN2O/c1-10-7-15-16(20)18-11(2)14(19(15)9-10)8-12-3-5-13(17)6-4-12/h3-7,9H,8H2,1-2H3,(H,18,20). The lowest BCUT2D eigenvalue weighted by atomic mass is 10.1. The van der Waals surface area contributed by atoms with Gasteiger partial charge in [0.1, 0.15) is 11.3 Å². The summed E-state index contributed by atoms with van der Waals surface area (Å²) in [6.07, 6.45) is 2.60. The van der Waals surface area contributed by atoms with Crippen LogP contribution in [0, 0.1) is 19.7 Å².